The first-order valence-corrected chi connectivity index (χ1v) is 8.25. The molecule has 0 spiro atoms. The Labute approximate surface area is 136 Å². The first kappa shape index (κ1) is 15.6. The Balaban J connectivity index is 1.45. The molecule has 1 aromatic carbocycles. The van der Waals surface area contributed by atoms with Crippen molar-refractivity contribution in [2.45, 2.75) is 45.2 Å². The maximum atomic E-state index is 12.1. The first-order valence-electron chi connectivity index (χ1n) is 8.25. The quantitative estimate of drug-likeness (QED) is 0.890. The zero-order valence-electron chi connectivity index (χ0n) is 13.5. The molecule has 23 heavy (non-hydrogen) atoms. The molecule has 5 heteroatoms. The fourth-order valence-electron chi connectivity index (χ4n) is 2.95. The molecule has 1 aromatic heterocycles. The number of hydrogen-bond donors (Lipinski definition) is 1. The van der Waals surface area contributed by atoms with E-state index in [0.29, 0.717) is 13.0 Å². The summed E-state index contributed by atoms with van der Waals surface area (Å²) < 4.78 is 7.58. The molecule has 3 rings (SSSR count). The lowest BCUT2D eigenvalue weighted by Crippen LogP contribution is -2.40. The monoisotopic (exact) mass is 313 g/mol. The number of rotatable bonds is 6. The second-order valence-electron chi connectivity index (χ2n) is 5.87. The number of amides is 1. The Morgan fingerprint density at radius 3 is 3.00 bits per heavy atom. The van der Waals surface area contributed by atoms with Gasteiger partial charge in [-0.2, -0.15) is 0 Å². The van der Waals surface area contributed by atoms with Crippen molar-refractivity contribution in [1.29, 1.82) is 0 Å². The van der Waals surface area contributed by atoms with Crippen LogP contribution in [-0.4, -0.2) is 28.1 Å². The third-order valence-electron chi connectivity index (χ3n) is 4.19. The highest BCUT2D eigenvalue weighted by Crippen LogP contribution is 2.15. The van der Waals surface area contributed by atoms with Crippen molar-refractivity contribution in [3.63, 3.8) is 0 Å². The van der Waals surface area contributed by atoms with E-state index in [1.807, 2.05) is 43.6 Å². The molecule has 5 nitrogen and oxygen atoms in total. The van der Waals surface area contributed by atoms with Gasteiger partial charge in [0.15, 0.2) is 0 Å². The van der Waals surface area contributed by atoms with Crippen LogP contribution in [0.5, 0.6) is 5.75 Å². The molecule has 1 atom stereocenters. The lowest BCUT2D eigenvalue weighted by molar-refractivity contribution is -0.121. The van der Waals surface area contributed by atoms with Crippen LogP contribution >= 0.6 is 0 Å². The van der Waals surface area contributed by atoms with Gasteiger partial charge in [0.2, 0.25) is 5.91 Å². The van der Waals surface area contributed by atoms with E-state index in [1.54, 1.807) is 0 Å². The molecular weight excluding hydrogens is 290 g/mol. The van der Waals surface area contributed by atoms with Gasteiger partial charge in [-0.3, -0.25) is 4.79 Å². The van der Waals surface area contributed by atoms with E-state index in [0.717, 1.165) is 42.9 Å². The van der Waals surface area contributed by atoms with Gasteiger partial charge in [-0.05, 0) is 37.5 Å². The maximum absolute atomic E-state index is 12.1. The molecule has 1 amide bonds. The molecule has 0 radical (unpaired) electrons. The molecule has 1 N–H and O–H groups in total. The van der Waals surface area contributed by atoms with Crippen LogP contribution in [0.15, 0.2) is 36.7 Å². The molecule has 0 saturated heterocycles. The molecule has 0 saturated carbocycles. The fraction of sp³-hybridized carbons (Fsp3) is 0.444. The average molecular weight is 313 g/mol. The van der Waals surface area contributed by atoms with Crippen molar-refractivity contribution in [3.05, 3.63) is 48.0 Å². The van der Waals surface area contributed by atoms with Gasteiger partial charge in [-0.15, -0.1) is 0 Å². The van der Waals surface area contributed by atoms with E-state index in [9.17, 15) is 4.79 Å². The van der Waals surface area contributed by atoms with Crippen molar-refractivity contribution >= 4 is 5.91 Å². The lowest BCUT2D eigenvalue weighted by atomic mass is 10.1. The van der Waals surface area contributed by atoms with Crippen LogP contribution in [-0.2, 0) is 24.2 Å². The Morgan fingerprint density at radius 2 is 2.22 bits per heavy atom. The summed E-state index contributed by atoms with van der Waals surface area (Å²) in [7, 11) is 0. The van der Waals surface area contributed by atoms with Crippen molar-refractivity contribution in [3.8, 4) is 5.75 Å². The highest BCUT2D eigenvalue weighted by atomic mass is 16.5. The topological polar surface area (TPSA) is 56.1 Å². The van der Waals surface area contributed by atoms with Crippen LogP contribution in [0, 0.1) is 0 Å². The Kier molecular flexibility index (Phi) is 4.95. The van der Waals surface area contributed by atoms with Gasteiger partial charge in [0, 0.05) is 37.8 Å². The van der Waals surface area contributed by atoms with E-state index in [-0.39, 0.29) is 11.9 Å². The van der Waals surface area contributed by atoms with Crippen molar-refractivity contribution < 1.29 is 9.53 Å². The van der Waals surface area contributed by atoms with Gasteiger partial charge in [0.05, 0.1) is 6.61 Å². The van der Waals surface area contributed by atoms with E-state index >= 15 is 0 Å². The minimum atomic E-state index is 0.115. The standard InChI is InChI=1S/C18H23N3O2/c1-2-23-16-6-3-14(4-7-16)5-8-18(22)20-15-9-11-21-12-10-19-17(21)13-15/h3-4,6-7,10,12,15H,2,5,8-9,11,13H2,1H3,(H,20,22). The summed E-state index contributed by atoms with van der Waals surface area (Å²) in [5.41, 5.74) is 1.16. The smallest absolute Gasteiger partial charge is 0.220 e. The number of nitrogens with one attached hydrogen (secondary N) is 1. The number of carbonyl (C=O) groups is 1. The number of ether oxygens (including phenoxy) is 1. The molecular formula is C18H23N3O2. The summed E-state index contributed by atoms with van der Waals surface area (Å²) >= 11 is 0. The van der Waals surface area contributed by atoms with Crippen LogP contribution in [0.25, 0.3) is 0 Å². The van der Waals surface area contributed by atoms with Crippen LogP contribution in [0.4, 0.5) is 0 Å². The third kappa shape index (κ3) is 4.12. The second-order valence-corrected chi connectivity index (χ2v) is 5.87. The van der Waals surface area contributed by atoms with Crippen LogP contribution in [0.1, 0.15) is 31.2 Å². The number of aromatic nitrogens is 2. The Bertz CT molecular complexity index is 649. The van der Waals surface area contributed by atoms with Gasteiger partial charge >= 0.3 is 0 Å². The fourth-order valence-corrected chi connectivity index (χ4v) is 2.95. The summed E-state index contributed by atoms with van der Waals surface area (Å²) in [6.45, 7) is 3.57. The van der Waals surface area contributed by atoms with Gasteiger partial charge < -0.3 is 14.6 Å². The van der Waals surface area contributed by atoms with Crippen molar-refractivity contribution in [2.24, 2.45) is 0 Å². The molecule has 122 valence electrons. The van der Waals surface area contributed by atoms with Gasteiger partial charge in [-0.25, -0.2) is 4.98 Å². The molecule has 0 aliphatic carbocycles. The molecule has 1 aliphatic rings. The molecule has 2 heterocycles. The summed E-state index contributed by atoms with van der Waals surface area (Å²) in [5, 5.41) is 3.13. The van der Waals surface area contributed by atoms with Gasteiger partial charge in [-0.1, -0.05) is 12.1 Å². The summed E-state index contributed by atoms with van der Waals surface area (Å²) in [6.07, 6.45) is 6.88. The number of benzene rings is 1. The normalized spacial score (nSPS) is 16.7. The molecule has 1 unspecified atom stereocenters. The van der Waals surface area contributed by atoms with Crippen molar-refractivity contribution in [1.82, 2.24) is 14.9 Å². The second kappa shape index (κ2) is 7.31. The summed E-state index contributed by atoms with van der Waals surface area (Å²) in [4.78, 5) is 16.5. The predicted molar refractivity (Wildman–Crippen MR) is 88.4 cm³/mol. The minimum Gasteiger partial charge on any atom is -0.494 e. The number of imidazole rings is 1. The average Bonchev–Trinajstić information content (AvgIpc) is 3.02. The van der Waals surface area contributed by atoms with Gasteiger partial charge in [0.25, 0.3) is 0 Å². The number of hydrogen-bond acceptors (Lipinski definition) is 3. The molecule has 0 fully saturated rings. The minimum absolute atomic E-state index is 0.115. The highest BCUT2D eigenvalue weighted by molar-refractivity contribution is 5.76. The van der Waals surface area contributed by atoms with Crippen LogP contribution < -0.4 is 10.1 Å². The Morgan fingerprint density at radius 1 is 1.39 bits per heavy atom. The zero-order chi connectivity index (χ0) is 16.1. The van der Waals surface area contributed by atoms with E-state index in [4.69, 9.17) is 4.74 Å². The van der Waals surface area contributed by atoms with Crippen LogP contribution in [0.2, 0.25) is 0 Å². The third-order valence-corrected chi connectivity index (χ3v) is 4.19. The maximum Gasteiger partial charge on any atom is 0.220 e. The largest absolute Gasteiger partial charge is 0.494 e. The number of nitrogens with zero attached hydrogens (tertiary/aromatic N) is 2. The molecule has 2 aromatic rings. The van der Waals surface area contributed by atoms with E-state index in [1.165, 1.54) is 0 Å². The number of carbonyl (C=O) groups excluding carboxylic acids is 1. The SMILES string of the molecule is CCOc1ccc(CCC(=O)NC2CCn3ccnc3C2)cc1. The zero-order valence-corrected chi connectivity index (χ0v) is 13.5. The van der Waals surface area contributed by atoms with Crippen molar-refractivity contribution in [2.75, 3.05) is 6.61 Å². The number of fused-ring (bicyclic) bond motifs is 1. The number of aryl methyl sites for hydroxylation is 2. The predicted octanol–water partition coefficient (Wildman–Crippen LogP) is 2.35. The highest BCUT2D eigenvalue weighted by Gasteiger charge is 2.20. The van der Waals surface area contributed by atoms with E-state index < -0.39 is 0 Å². The molecule has 1 aliphatic heterocycles. The summed E-state index contributed by atoms with van der Waals surface area (Å²) in [6, 6.07) is 8.17. The Hall–Kier alpha value is -2.30. The lowest BCUT2D eigenvalue weighted by Gasteiger charge is -2.24. The van der Waals surface area contributed by atoms with Gasteiger partial charge in [0.1, 0.15) is 11.6 Å². The van der Waals surface area contributed by atoms with Crippen LogP contribution in [0.3, 0.4) is 0 Å². The summed E-state index contributed by atoms with van der Waals surface area (Å²) in [5.74, 6) is 2.05. The van der Waals surface area contributed by atoms with E-state index in [2.05, 4.69) is 14.9 Å². The first-order chi connectivity index (χ1) is 11.2. The molecule has 0 bridgehead atoms.